The predicted octanol–water partition coefficient (Wildman–Crippen LogP) is 1.78. The molecule has 1 aromatic carbocycles. The second kappa shape index (κ2) is 6.21. The van der Waals surface area contributed by atoms with Gasteiger partial charge in [-0.25, -0.2) is 13.6 Å². The van der Waals surface area contributed by atoms with Crippen molar-refractivity contribution in [2.45, 2.75) is 31.5 Å². The minimum atomic E-state index is -3.76. The molecule has 0 atom stereocenters. The Morgan fingerprint density at radius 2 is 1.70 bits per heavy atom. The lowest BCUT2D eigenvalue weighted by atomic mass is 10.1. The Morgan fingerprint density at radius 1 is 1.05 bits per heavy atom. The number of benzene rings is 1. The highest BCUT2D eigenvalue weighted by Crippen LogP contribution is 2.12. The van der Waals surface area contributed by atoms with E-state index in [0.29, 0.717) is 18.8 Å². The van der Waals surface area contributed by atoms with E-state index in [1.54, 1.807) is 6.07 Å². The molecule has 0 aliphatic rings. The summed E-state index contributed by atoms with van der Waals surface area (Å²) < 4.78 is 27.3. The average Bonchev–Trinajstić information content (AvgIpc) is 2.88. The normalized spacial score (nSPS) is 11.7. The molecule has 1 heterocycles. The van der Waals surface area contributed by atoms with E-state index in [1.165, 1.54) is 17.2 Å². The number of hydrogen-bond donors (Lipinski definition) is 2. The Hall–Kier alpha value is -1.63. The largest absolute Gasteiger partial charge is 0.447 e. The van der Waals surface area contributed by atoms with E-state index in [1.807, 2.05) is 0 Å². The van der Waals surface area contributed by atoms with Gasteiger partial charge in [-0.2, -0.15) is 0 Å². The number of furan rings is 1. The Kier molecular flexibility index (Phi) is 4.59. The Morgan fingerprint density at radius 3 is 2.25 bits per heavy atom. The van der Waals surface area contributed by atoms with Crippen LogP contribution in [0.3, 0.4) is 0 Å². The van der Waals surface area contributed by atoms with Crippen LogP contribution in [0.1, 0.15) is 23.8 Å². The first-order valence-electron chi connectivity index (χ1n) is 6.39. The summed E-state index contributed by atoms with van der Waals surface area (Å²) in [5, 5.41) is 7.96. The standard InChI is InChI=1S/C14H18N2O3S/c1-2-11-3-5-12(6-4-11)9-16-10-13-7-8-14(19-13)20(15,17)18/h3-8,16H,2,9-10H2,1H3,(H2,15,17,18). The van der Waals surface area contributed by atoms with Crippen molar-refractivity contribution in [3.05, 3.63) is 53.3 Å². The summed E-state index contributed by atoms with van der Waals surface area (Å²) in [6, 6.07) is 11.3. The fourth-order valence-electron chi connectivity index (χ4n) is 1.83. The van der Waals surface area contributed by atoms with Gasteiger partial charge in [-0.15, -0.1) is 0 Å². The van der Waals surface area contributed by atoms with Crippen LogP contribution in [0.2, 0.25) is 0 Å². The van der Waals surface area contributed by atoms with Gasteiger partial charge in [0.05, 0.1) is 6.54 Å². The van der Waals surface area contributed by atoms with Crippen molar-refractivity contribution in [2.24, 2.45) is 5.14 Å². The lowest BCUT2D eigenvalue weighted by Crippen LogP contribution is -2.13. The van der Waals surface area contributed by atoms with Crippen LogP contribution in [-0.2, 0) is 29.5 Å². The smallest absolute Gasteiger partial charge is 0.271 e. The maximum absolute atomic E-state index is 11.1. The lowest BCUT2D eigenvalue weighted by molar-refractivity contribution is 0.402. The molecule has 0 fully saturated rings. The van der Waals surface area contributed by atoms with Gasteiger partial charge in [-0.05, 0) is 29.7 Å². The summed E-state index contributed by atoms with van der Waals surface area (Å²) >= 11 is 0. The quantitative estimate of drug-likeness (QED) is 0.850. The maximum Gasteiger partial charge on any atom is 0.271 e. The van der Waals surface area contributed by atoms with E-state index in [-0.39, 0.29) is 5.09 Å². The number of rotatable bonds is 6. The molecule has 3 N–H and O–H groups in total. The number of nitrogens with one attached hydrogen (secondary N) is 1. The van der Waals surface area contributed by atoms with Gasteiger partial charge in [0.15, 0.2) is 0 Å². The van der Waals surface area contributed by atoms with Gasteiger partial charge in [-0.3, -0.25) is 0 Å². The number of nitrogens with two attached hydrogens (primary N) is 1. The molecule has 20 heavy (non-hydrogen) atoms. The third kappa shape index (κ3) is 3.93. The van der Waals surface area contributed by atoms with Crippen LogP contribution < -0.4 is 10.5 Å². The van der Waals surface area contributed by atoms with Crippen molar-refractivity contribution in [3.63, 3.8) is 0 Å². The van der Waals surface area contributed by atoms with Crippen LogP contribution >= 0.6 is 0 Å². The predicted molar refractivity (Wildman–Crippen MR) is 76.4 cm³/mol. The molecule has 0 aliphatic heterocycles. The molecule has 0 saturated heterocycles. The lowest BCUT2D eigenvalue weighted by Gasteiger charge is -2.04. The fraction of sp³-hybridized carbons (Fsp3) is 0.286. The van der Waals surface area contributed by atoms with Crippen LogP contribution in [0.5, 0.6) is 0 Å². The van der Waals surface area contributed by atoms with Gasteiger partial charge in [0, 0.05) is 6.54 Å². The van der Waals surface area contributed by atoms with E-state index in [2.05, 4.69) is 36.5 Å². The molecule has 0 radical (unpaired) electrons. The number of primary sulfonamides is 1. The first kappa shape index (κ1) is 14.8. The monoisotopic (exact) mass is 294 g/mol. The van der Waals surface area contributed by atoms with E-state index in [0.717, 1.165) is 6.42 Å². The summed E-state index contributed by atoms with van der Waals surface area (Å²) in [5.74, 6) is 0.541. The summed E-state index contributed by atoms with van der Waals surface area (Å²) in [4.78, 5) is 0. The molecular weight excluding hydrogens is 276 g/mol. The summed E-state index contributed by atoms with van der Waals surface area (Å²) in [6.07, 6.45) is 1.02. The molecule has 0 saturated carbocycles. The van der Waals surface area contributed by atoms with E-state index < -0.39 is 10.0 Å². The number of aryl methyl sites for hydroxylation is 1. The third-order valence-electron chi connectivity index (χ3n) is 2.98. The Labute approximate surface area is 118 Å². The minimum absolute atomic E-state index is 0.207. The first-order valence-corrected chi connectivity index (χ1v) is 7.93. The molecule has 0 bridgehead atoms. The number of hydrogen-bond acceptors (Lipinski definition) is 4. The molecule has 0 spiro atoms. The highest BCUT2D eigenvalue weighted by Gasteiger charge is 2.12. The van der Waals surface area contributed by atoms with Crippen molar-refractivity contribution >= 4 is 10.0 Å². The second-order valence-corrected chi connectivity index (χ2v) is 6.03. The molecule has 0 aliphatic carbocycles. The van der Waals surface area contributed by atoms with Crippen molar-refractivity contribution in [1.29, 1.82) is 0 Å². The summed E-state index contributed by atoms with van der Waals surface area (Å²) in [6.45, 7) is 3.26. The van der Waals surface area contributed by atoms with Gasteiger partial charge in [0.1, 0.15) is 5.76 Å². The van der Waals surface area contributed by atoms with E-state index in [9.17, 15) is 8.42 Å². The molecule has 108 valence electrons. The van der Waals surface area contributed by atoms with Gasteiger partial charge in [0.25, 0.3) is 10.0 Å². The van der Waals surface area contributed by atoms with Crippen LogP contribution in [0.4, 0.5) is 0 Å². The van der Waals surface area contributed by atoms with E-state index in [4.69, 9.17) is 9.56 Å². The van der Waals surface area contributed by atoms with Gasteiger partial charge >= 0.3 is 0 Å². The zero-order chi connectivity index (χ0) is 14.6. The molecular formula is C14H18N2O3S. The van der Waals surface area contributed by atoms with Crippen LogP contribution in [0.15, 0.2) is 45.9 Å². The van der Waals surface area contributed by atoms with Crippen LogP contribution in [0.25, 0.3) is 0 Å². The zero-order valence-electron chi connectivity index (χ0n) is 11.3. The summed E-state index contributed by atoms with van der Waals surface area (Å²) in [7, 11) is -3.76. The fourth-order valence-corrected chi connectivity index (χ4v) is 2.31. The first-order chi connectivity index (χ1) is 9.49. The van der Waals surface area contributed by atoms with Crippen molar-refractivity contribution < 1.29 is 12.8 Å². The second-order valence-electron chi connectivity index (χ2n) is 4.54. The maximum atomic E-state index is 11.1. The van der Waals surface area contributed by atoms with Gasteiger partial charge in [0.2, 0.25) is 5.09 Å². The van der Waals surface area contributed by atoms with Gasteiger partial charge < -0.3 is 9.73 Å². The highest BCUT2D eigenvalue weighted by atomic mass is 32.2. The van der Waals surface area contributed by atoms with E-state index >= 15 is 0 Å². The molecule has 0 amide bonds. The molecule has 5 nitrogen and oxygen atoms in total. The topological polar surface area (TPSA) is 85.3 Å². The van der Waals surface area contributed by atoms with Crippen molar-refractivity contribution in [1.82, 2.24) is 5.32 Å². The number of sulfonamides is 1. The van der Waals surface area contributed by atoms with Crippen LogP contribution in [-0.4, -0.2) is 8.42 Å². The molecule has 6 heteroatoms. The SMILES string of the molecule is CCc1ccc(CNCc2ccc(S(N)(=O)=O)o2)cc1. The van der Waals surface area contributed by atoms with Crippen LogP contribution in [0, 0.1) is 0 Å². The van der Waals surface area contributed by atoms with Gasteiger partial charge in [-0.1, -0.05) is 31.2 Å². The zero-order valence-corrected chi connectivity index (χ0v) is 12.1. The summed E-state index contributed by atoms with van der Waals surface area (Å²) in [5.41, 5.74) is 2.47. The molecule has 2 rings (SSSR count). The van der Waals surface area contributed by atoms with Crippen molar-refractivity contribution in [2.75, 3.05) is 0 Å². The molecule has 0 unspecified atom stereocenters. The highest BCUT2D eigenvalue weighted by molar-refractivity contribution is 7.89. The Bertz CT molecular complexity index is 660. The average molecular weight is 294 g/mol. The Balaban J connectivity index is 1.88. The molecule has 1 aromatic heterocycles. The van der Waals surface area contributed by atoms with Crippen molar-refractivity contribution in [3.8, 4) is 0 Å². The minimum Gasteiger partial charge on any atom is -0.447 e. The third-order valence-corrected chi connectivity index (χ3v) is 3.76. The molecule has 2 aromatic rings.